The summed E-state index contributed by atoms with van der Waals surface area (Å²) in [7, 11) is 0. The molecule has 0 radical (unpaired) electrons. The number of nitrogens with one attached hydrogen (secondary N) is 2. The first-order valence-electron chi connectivity index (χ1n) is 8.04. The lowest BCUT2D eigenvalue weighted by Gasteiger charge is -2.13. The number of hydrogen-bond donors (Lipinski definition) is 2. The summed E-state index contributed by atoms with van der Waals surface area (Å²) in [5.41, 5.74) is -1.23. The van der Waals surface area contributed by atoms with Crippen LogP contribution in [0.15, 0.2) is 42.6 Å². The molecule has 1 aromatic carbocycles. The Hall–Kier alpha value is -2.90. The highest BCUT2D eigenvalue weighted by Crippen LogP contribution is 2.34. The maximum Gasteiger partial charge on any atom is 0.418 e. The Balaban J connectivity index is 2.16. The molecule has 26 heavy (non-hydrogen) atoms. The third-order valence-corrected chi connectivity index (χ3v) is 3.55. The van der Waals surface area contributed by atoms with E-state index in [2.05, 4.69) is 15.6 Å². The molecule has 8 heteroatoms. The molecule has 2 amide bonds. The zero-order chi connectivity index (χ0) is 19.2. The molecule has 1 aromatic heterocycles. The third kappa shape index (κ3) is 5.05. The smallest absolute Gasteiger partial charge is 0.351 e. The Morgan fingerprint density at radius 3 is 2.54 bits per heavy atom. The van der Waals surface area contributed by atoms with Gasteiger partial charge in [0.25, 0.3) is 11.8 Å². The van der Waals surface area contributed by atoms with Gasteiger partial charge in [0.1, 0.15) is 5.69 Å². The molecule has 5 nitrogen and oxygen atoms in total. The number of para-hydroxylation sites is 1. The molecule has 1 heterocycles. The SMILES string of the molecule is CCCCNC(=O)c1cc(C(=O)Nc2ccccc2C(F)(F)F)ccn1. The molecule has 0 aliphatic carbocycles. The van der Waals surface area contributed by atoms with E-state index in [1.807, 2.05) is 6.92 Å². The number of carbonyl (C=O) groups is 2. The quantitative estimate of drug-likeness (QED) is 0.763. The van der Waals surface area contributed by atoms with Crippen molar-refractivity contribution in [2.75, 3.05) is 11.9 Å². The lowest BCUT2D eigenvalue weighted by atomic mass is 10.1. The molecule has 0 unspecified atom stereocenters. The first-order valence-corrected chi connectivity index (χ1v) is 8.04. The van der Waals surface area contributed by atoms with E-state index >= 15 is 0 Å². The maximum absolute atomic E-state index is 13.0. The van der Waals surface area contributed by atoms with Crippen molar-refractivity contribution in [3.05, 3.63) is 59.4 Å². The maximum atomic E-state index is 13.0. The van der Waals surface area contributed by atoms with Crippen LogP contribution in [-0.2, 0) is 6.18 Å². The number of halogens is 3. The van der Waals surface area contributed by atoms with Gasteiger partial charge in [-0.05, 0) is 30.7 Å². The van der Waals surface area contributed by atoms with Crippen LogP contribution in [0.5, 0.6) is 0 Å². The molecule has 0 aliphatic rings. The average Bonchev–Trinajstić information content (AvgIpc) is 2.61. The summed E-state index contributed by atoms with van der Waals surface area (Å²) in [5.74, 6) is -1.20. The number of rotatable bonds is 6. The highest BCUT2D eigenvalue weighted by Gasteiger charge is 2.33. The lowest BCUT2D eigenvalue weighted by molar-refractivity contribution is -0.136. The zero-order valence-corrected chi connectivity index (χ0v) is 14.1. The molecule has 0 spiro atoms. The molecular formula is C18H18F3N3O2. The van der Waals surface area contributed by atoms with E-state index in [0.29, 0.717) is 6.54 Å². The van der Waals surface area contributed by atoms with Crippen molar-refractivity contribution in [2.45, 2.75) is 25.9 Å². The molecule has 0 saturated heterocycles. The van der Waals surface area contributed by atoms with Crippen LogP contribution < -0.4 is 10.6 Å². The Kier molecular flexibility index (Phi) is 6.32. The second-order valence-electron chi connectivity index (χ2n) is 5.54. The van der Waals surface area contributed by atoms with Gasteiger partial charge in [-0.25, -0.2) is 0 Å². The van der Waals surface area contributed by atoms with Crippen LogP contribution in [-0.4, -0.2) is 23.3 Å². The highest BCUT2D eigenvalue weighted by atomic mass is 19.4. The van der Waals surface area contributed by atoms with Gasteiger partial charge < -0.3 is 10.6 Å². The van der Waals surface area contributed by atoms with Crippen molar-refractivity contribution in [3.8, 4) is 0 Å². The summed E-state index contributed by atoms with van der Waals surface area (Å²) in [6.07, 6.45) is -1.61. The van der Waals surface area contributed by atoms with E-state index in [1.165, 1.54) is 36.5 Å². The van der Waals surface area contributed by atoms with Crippen molar-refractivity contribution in [1.82, 2.24) is 10.3 Å². The van der Waals surface area contributed by atoms with Crippen molar-refractivity contribution < 1.29 is 22.8 Å². The first-order chi connectivity index (χ1) is 12.3. The first kappa shape index (κ1) is 19.4. The molecule has 0 atom stereocenters. The number of hydrogen-bond acceptors (Lipinski definition) is 3. The highest BCUT2D eigenvalue weighted by molar-refractivity contribution is 6.06. The van der Waals surface area contributed by atoms with Crippen molar-refractivity contribution in [3.63, 3.8) is 0 Å². The number of alkyl halides is 3. The second-order valence-corrected chi connectivity index (χ2v) is 5.54. The topological polar surface area (TPSA) is 71.1 Å². The molecule has 0 fully saturated rings. The number of unbranched alkanes of at least 4 members (excludes halogenated alkanes) is 1. The van der Waals surface area contributed by atoms with Gasteiger partial charge in [-0.3, -0.25) is 14.6 Å². The average molecular weight is 365 g/mol. The lowest BCUT2D eigenvalue weighted by Crippen LogP contribution is -2.26. The second kappa shape index (κ2) is 8.46. The van der Waals surface area contributed by atoms with Gasteiger partial charge in [0, 0.05) is 18.3 Å². The van der Waals surface area contributed by atoms with Gasteiger partial charge in [0.2, 0.25) is 0 Å². The predicted molar refractivity (Wildman–Crippen MR) is 90.9 cm³/mol. The monoisotopic (exact) mass is 365 g/mol. The minimum atomic E-state index is -4.59. The fourth-order valence-corrected chi connectivity index (χ4v) is 2.20. The van der Waals surface area contributed by atoms with Crippen LogP contribution in [0.2, 0.25) is 0 Å². The summed E-state index contributed by atoms with van der Waals surface area (Å²) < 4.78 is 39.0. The molecule has 0 saturated carbocycles. The van der Waals surface area contributed by atoms with Crippen LogP contribution in [0.25, 0.3) is 0 Å². The minimum Gasteiger partial charge on any atom is -0.351 e. The number of amides is 2. The van der Waals surface area contributed by atoms with Crippen LogP contribution in [0.1, 0.15) is 46.2 Å². The fraction of sp³-hybridized carbons (Fsp3) is 0.278. The van der Waals surface area contributed by atoms with E-state index in [9.17, 15) is 22.8 Å². The van der Waals surface area contributed by atoms with Crippen LogP contribution >= 0.6 is 0 Å². The summed E-state index contributed by atoms with van der Waals surface area (Å²) in [5, 5.41) is 4.90. The predicted octanol–water partition coefficient (Wildman–Crippen LogP) is 3.88. The van der Waals surface area contributed by atoms with Crippen LogP contribution in [0, 0.1) is 0 Å². The molecule has 0 aliphatic heterocycles. The zero-order valence-electron chi connectivity index (χ0n) is 14.1. The number of pyridine rings is 1. The summed E-state index contributed by atoms with van der Waals surface area (Å²) in [6, 6.07) is 7.25. The Bertz CT molecular complexity index is 791. The Labute approximate surface area is 148 Å². The largest absolute Gasteiger partial charge is 0.418 e. The van der Waals surface area contributed by atoms with Gasteiger partial charge in [0.15, 0.2) is 0 Å². The van der Waals surface area contributed by atoms with E-state index in [4.69, 9.17) is 0 Å². The third-order valence-electron chi connectivity index (χ3n) is 3.55. The van der Waals surface area contributed by atoms with Gasteiger partial charge in [-0.2, -0.15) is 13.2 Å². The van der Waals surface area contributed by atoms with E-state index in [0.717, 1.165) is 18.9 Å². The Morgan fingerprint density at radius 2 is 1.85 bits per heavy atom. The molecule has 0 bridgehead atoms. The van der Waals surface area contributed by atoms with E-state index in [1.54, 1.807) is 0 Å². The summed E-state index contributed by atoms with van der Waals surface area (Å²) in [4.78, 5) is 28.2. The van der Waals surface area contributed by atoms with E-state index < -0.39 is 23.6 Å². The van der Waals surface area contributed by atoms with Crippen molar-refractivity contribution >= 4 is 17.5 Å². The molecule has 2 aromatic rings. The minimum absolute atomic E-state index is 0.0258. The van der Waals surface area contributed by atoms with Crippen molar-refractivity contribution in [2.24, 2.45) is 0 Å². The normalized spacial score (nSPS) is 11.1. The number of nitrogens with zero attached hydrogens (tertiary/aromatic N) is 1. The standard InChI is InChI=1S/C18H18F3N3O2/c1-2-3-9-23-17(26)15-11-12(8-10-22-15)16(25)24-14-7-5-4-6-13(14)18(19,20)21/h4-8,10-11H,2-3,9H2,1H3,(H,23,26)(H,24,25). The Morgan fingerprint density at radius 1 is 1.12 bits per heavy atom. The number of anilines is 1. The number of aromatic nitrogens is 1. The van der Waals surface area contributed by atoms with Crippen LogP contribution in [0.3, 0.4) is 0 Å². The number of benzene rings is 1. The molecule has 2 rings (SSSR count). The van der Waals surface area contributed by atoms with Gasteiger partial charge >= 0.3 is 6.18 Å². The van der Waals surface area contributed by atoms with Gasteiger partial charge in [0.05, 0.1) is 11.3 Å². The van der Waals surface area contributed by atoms with E-state index in [-0.39, 0.29) is 16.9 Å². The summed E-state index contributed by atoms with van der Waals surface area (Å²) in [6.45, 7) is 2.46. The molecule has 2 N–H and O–H groups in total. The number of carbonyl (C=O) groups excluding carboxylic acids is 2. The van der Waals surface area contributed by atoms with Gasteiger partial charge in [-0.15, -0.1) is 0 Å². The molecule has 138 valence electrons. The van der Waals surface area contributed by atoms with Crippen LogP contribution in [0.4, 0.5) is 18.9 Å². The molecular weight excluding hydrogens is 347 g/mol. The fourth-order valence-electron chi connectivity index (χ4n) is 2.20. The summed E-state index contributed by atoms with van der Waals surface area (Å²) >= 11 is 0. The van der Waals surface area contributed by atoms with Gasteiger partial charge in [-0.1, -0.05) is 25.5 Å². The van der Waals surface area contributed by atoms with Crippen molar-refractivity contribution in [1.29, 1.82) is 0 Å².